The number of nitrogens with one attached hydrogen (secondary N) is 1. The van der Waals surface area contributed by atoms with Crippen molar-refractivity contribution in [3.05, 3.63) is 47.4 Å². The molecule has 120 valence electrons. The maximum Gasteiger partial charge on any atom is 0.240 e. The number of rotatable bonds is 6. The quantitative estimate of drug-likeness (QED) is 0.883. The third-order valence-corrected chi connectivity index (χ3v) is 3.43. The van der Waals surface area contributed by atoms with Gasteiger partial charge in [-0.1, -0.05) is 17.3 Å². The number of aromatic nitrogens is 2. The summed E-state index contributed by atoms with van der Waals surface area (Å²) in [6.45, 7) is 2.17. The topological polar surface area (TPSA) is 60.2 Å². The third-order valence-electron chi connectivity index (χ3n) is 3.43. The van der Waals surface area contributed by atoms with E-state index < -0.39 is 0 Å². The molecule has 1 unspecified atom stereocenters. The van der Waals surface area contributed by atoms with Crippen LogP contribution in [0.5, 0.6) is 0 Å². The van der Waals surface area contributed by atoms with Crippen LogP contribution in [0.4, 0.5) is 4.39 Å². The van der Waals surface area contributed by atoms with E-state index in [9.17, 15) is 4.39 Å². The average Bonchev–Trinajstić information content (AvgIpc) is 3.11. The van der Waals surface area contributed by atoms with E-state index in [1.165, 1.54) is 12.1 Å². The Hall–Kier alpha value is -1.50. The highest BCUT2D eigenvalue weighted by molar-refractivity contribution is 5.85. The largest absolute Gasteiger partial charge is 0.377 e. The van der Waals surface area contributed by atoms with Crippen LogP contribution in [0.2, 0.25) is 0 Å². The van der Waals surface area contributed by atoms with Crippen LogP contribution in [0.3, 0.4) is 0 Å². The first-order valence-corrected chi connectivity index (χ1v) is 7.18. The van der Waals surface area contributed by atoms with Crippen molar-refractivity contribution in [3.8, 4) is 0 Å². The van der Waals surface area contributed by atoms with Gasteiger partial charge in [-0.25, -0.2) is 4.39 Å². The fourth-order valence-electron chi connectivity index (χ4n) is 2.41. The number of benzene rings is 1. The van der Waals surface area contributed by atoms with E-state index in [1.54, 1.807) is 6.07 Å². The molecule has 1 atom stereocenters. The van der Waals surface area contributed by atoms with Crippen molar-refractivity contribution >= 4 is 12.4 Å². The molecule has 0 saturated carbocycles. The summed E-state index contributed by atoms with van der Waals surface area (Å²) in [4.78, 5) is 4.30. The van der Waals surface area contributed by atoms with E-state index in [-0.39, 0.29) is 18.2 Å². The number of hydrogen-bond acceptors (Lipinski definition) is 5. The molecule has 0 radical (unpaired) electrons. The summed E-state index contributed by atoms with van der Waals surface area (Å²) < 4.78 is 23.8. The van der Waals surface area contributed by atoms with Gasteiger partial charge >= 0.3 is 0 Å². The molecule has 0 amide bonds. The van der Waals surface area contributed by atoms with Crippen LogP contribution in [-0.2, 0) is 17.7 Å². The average molecular weight is 328 g/mol. The second-order valence-electron chi connectivity index (χ2n) is 5.18. The van der Waals surface area contributed by atoms with Crippen molar-refractivity contribution in [1.29, 1.82) is 0 Å². The maximum atomic E-state index is 13.1. The van der Waals surface area contributed by atoms with Gasteiger partial charge in [0.05, 0.1) is 12.6 Å². The zero-order valence-corrected chi connectivity index (χ0v) is 12.9. The molecule has 22 heavy (non-hydrogen) atoms. The van der Waals surface area contributed by atoms with Crippen LogP contribution < -0.4 is 5.32 Å². The monoisotopic (exact) mass is 327 g/mol. The Morgan fingerprint density at radius 3 is 3.05 bits per heavy atom. The summed E-state index contributed by atoms with van der Waals surface area (Å²) in [5, 5.41) is 7.16. The number of ether oxygens (including phenoxy) is 1. The van der Waals surface area contributed by atoms with Gasteiger partial charge in [0, 0.05) is 19.6 Å². The number of halogens is 2. The van der Waals surface area contributed by atoms with Crippen molar-refractivity contribution in [2.45, 2.75) is 31.9 Å². The zero-order valence-electron chi connectivity index (χ0n) is 12.1. The predicted molar refractivity (Wildman–Crippen MR) is 81.4 cm³/mol. The molecule has 1 saturated heterocycles. The lowest BCUT2D eigenvalue weighted by molar-refractivity contribution is 0.109. The van der Waals surface area contributed by atoms with Gasteiger partial charge in [-0.15, -0.1) is 12.4 Å². The molecule has 0 spiro atoms. The van der Waals surface area contributed by atoms with Crippen molar-refractivity contribution in [2.24, 2.45) is 0 Å². The Kier molecular flexibility index (Phi) is 6.30. The van der Waals surface area contributed by atoms with E-state index in [2.05, 4.69) is 15.5 Å². The highest BCUT2D eigenvalue weighted by atomic mass is 35.5. The Labute approximate surface area is 134 Å². The normalized spacial score (nSPS) is 17.4. The summed E-state index contributed by atoms with van der Waals surface area (Å²) in [7, 11) is 0. The van der Waals surface area contributed by atoms with Gasteiger partial charge in [0.25, 0.3) is 0 Å². The van der Waals surface area contributed by atoms with Crippen LogP contribution in [0.1, 0.15) is 30.1 Å². The first kappa shape index (κ1) is 16.9. The third kappa shape index (κ3) is 4.76. The fraction of sp³-hybridized carbons (Fsp3) is 0.467. The van der Waals surface area contributed by atoms with Crippen LogP contribution in [0, 0.1) is 5.82 Å². The molecule has 1 fully saturated rings. The molecular weight excluding hydrogens is 309 g/mol. The molecule has 0 aliphatic carbocycles. The smallest absolute Gasteiger partial charge is 0.240 e. The Morgan fingerprint density at radius 1 is 1.36 bits per heavy atom. The van der Waals surface area contributed by atoms with Crippen molar-refractivity contribution in [3.63, 3.8) is 0 Å². The molecule has 1 aromatic carbocycles. The minimum Gasteiger partial charge on any atom is -0.377 e. The minimum absolute atomic E-state index is 0. The SMILES string of the molecule is Cl.Fc1cccc(Cc2noc(CNCC3CCCO3)n2)c1. The zero-order chi connectivity index (χ0) is 14.5. The van der Waals surface area contributed by atoms with Gasteiger partial charge in [0.15, 0.2) is 5.82 Å². The van der Waals surface area contributed by atoms with E-state index in [1.807, 2.05) is 6.07 Å². The first-order valence-electron chi connectivity index (χ1n) is 7.18. The van der Waals surface area contributed by atoms with Crippen LogP contribution in [0.25, 0.3) is 0 Å². The summed E-state index contributed by atoms with van der Waals surface area (Å²) in [6.07, 6.45) is 2.99. The van der Waals surface area contributed by atoms with Crippen LogP contribution >= 0.6 is 12.4 Å². The molecule has 7 heteroatoms. The fourth-order valence-corrected chi connectivity index (χ4v) is 2.41. The van der Waals surface area contributed by atoms with E-state index in [0.29, 0.717) is 30.8 Å². The summed E-state index contributed by atoms with van der Waals surface area (Å²) in [6, 6.07) is 6.41. The standard InChI is InChI=1S/C15H18FN3O2.ClH/c16-12-4-1-3-11(7-12)8-14-18-15(21-19-14)10-17-9-13-5-2-6-20-13;/h1,3-4,7,13,17H,2,5-6,8-10H2;1H. The van der Waals surface area contributed by atoms with Crippen molar-refractivity contribution in [1.82, 2.24) is 15.5 Å². The summed E-state index contributed by atoms with van der Waals surface area (Å²) >= 11 is 0. The van der Waals surface area contributed by atoms with E-state index in [0.717, 1.165) is 31.6 Å². The van der Waals surface area contributed by atoms with Gasteiger partial charge in [-0.3, -0.25) is 0 Å². The second kappa shape index (κ2) is 8.22. The lowest BCUT2D eigenvalue weighted by Crippen LogP contribution is -2.25. The molecular formula is C15H19ClFN3O2. The van der Waals surface area contributed by atoms with Gasteiger partial charge in [0.1, 0.15) is 5.82 Å². The summed E-state index contributed by atoms with van der Waals surface area (Å²) in [5.41, 5.74) is 0.828. The van der Waals surface area contributed by atoms with Crippen LogP contribution in [-0.4, -0.2) is 29.4 Å². The number of nitrogens with zero attached hydrogens (tertiary/aromatic N) is 2. The molecule has 3 rings (SSSR count). The van der Waals surface area contributed by atoms with Crippen molar-refractivity contribution in [2.75, 3.05) is 13.2 Å². The number of hydrogen-bond donors (Lipinski definition) is 1. The summed E-state index contributed by atoms with van der Waals surface area (Å²) in [5.74, 6) is 0.850. The Bertz CT molecular complexity index is 588. The Morgan fingerprint density at radius 2 is 2.27 bits per heavy atom. The highest BCUT2D eigenvalue weighted by Gasteiger charge is 2.15. The molecule has 1 aliphatic heterocycles. The van der Waals surface area contributed by atoms with Gasteiger partial charge in [-0.05, 0) is 30.5 Å². The van der Waals surface area contributed by atoms with Gasteiger partial charge < -0.3 is 14.6 Å². The van der Waals surface area contributed by atoms with E-state index >= 15 is 0 Å². The maximum absolute atomic E-state index is 13.1. The van der Waals surface area contributed by atoms with Crippen molar-refractivity contribution < 1.29 is 13.7 Å². The molecule has 1 aromatic heterocycles. The molecule has 1 N–H and O–H groups in total. The van der Waals surface area contributed by atoms with Crippen LogP contribution in [0.15, 0.2) is 28.8 Å². The highest BCUT2D eigenvalue weighted by Crippen LogP contribution is 2.11. The van der Waals surface area contributed by atoms with Gasteiger partial charge in [0.2, 0.25) is 5.89 Å². The molecule has 0 bridgehead atoms. The molecule has 1 aliphatic rings. The minimum atomic E-state index is -0.255. The van der Waals surface area contributed by atoms with Gasteiger partial charge in [-0.2, -0.15) is 4.98 Å². The lowest BCUT2D eigenvalue weighted by Gasteiger charge is -2.08. The molecule has 5 nitrogen and oxygen atoms in total. The Balaban J connectivity index is 0.00000176. The predicted octanol–water partition coefficient (Wildman–Crippen LogP) is 2.49. The lowest BCUT2D eigenvalue weighted by atomic mass is 10.1. The molecule has 2 aromatic rings. The first-order chi connectivity index (χ1) is 10.3. The molecule has 2 heterocycles. The van der Waals surface area contributed by atoms with E-state index in [4.69, 9.17) is 9.26 Å². The second-order valence-corrected chi connectivity index (χ2v) is 5.18.